The molecule has 0 spiro atoms. The molecule has 0 heterocycles. The van der Waals surface area contributed by atoms with E-state index in [1.54, 1.807) is 22.3 Å². The molecule has 50 heavy (non-hydrogen) atoms. The highest BCUT2D eigenvalue weighted by molar-refractivity contribution is 7.80. The Kier molecular flexibility index (Phi) is 11.1. The normalized spacial score (nSPS) is 13.7. The molecule has 6 aromatic rings. The van der Waals surface area contributed by atoms with Crippen molar-refractivity contribution in [1.82, 2.24) is 0 Å². The molecule has 0 atom stereocenters. The van der Waals surface area contributed by atoms with Crippen LogP contribution in [-0.4, -0.2) is 0 Å². The summed E-state index contributed by atoms with van der Waals surface area (Å²) in [5.41, 5.74) is 11.6. The number of benzene rings is 6. The molecular formula is C48H50P2. The van der Waals surface area contributed by atoms with Crippen LogP contribution in [0, 0.1) is 27.7 Å². The van der Waals surface area contributed by atoms with Crippen LogP contribution in [0.4, 0.5) is 0 Å². The molecule has 0 aromatic heterocycles. The molecule has 0 radical (unpaired) electrons. The topological polar surface area (TPSA) is 0 Å². The van der Waals surface area contributed by atoms with Crippen LogP contribution in [0.3, 0.4) is 0 Å². The second-order valence-corrected chi connectivity index (χ2v) is 18.8. The third-order valence-electron chi connectivity index (χ3n) is 10.3. The van der Waals surface area contributed by atoms with Gasteiger partial charge in [-0.1, -0.05) is 156 Å². The maximum absolute atomic E-state index is 2.50. The Morgan fingerprint density at radius 3 is 0.800 bits per heavy atom. The lowest BCUT2D eigenvalue weighted by atomic mass is 9.92. The minimum absolute atomic E-state index is 0.486. The van der Waals surface area contributed by atoms with E-state index in [1.165, 1.54) is 105 Å². The van der Waals surface area contributed by atoms with Crippen molar-refractivity contribution in [3.8, 4) is 0 Å². The lowest BCUT2D eigenvalue weighted by molar-refractivity contribution is 0.686. The van der Waals surface area contributed by atoms with Gasteiger partial charge in [0.2, 0.25) is 0 Å². The minimum atomic E-state index is -0.486. The molecule has 6 aromatic carbocycles. The summed E-state index contributed by atoms with van der Waals surface area (Å²) < 4.78 is 0. The quantitative estimate of drug-likeness (QED) is 0.153. The van der Waals surface area contributed by atoms with Gasteiger partial charge in [0.15, 0.2) is 0 Å². The fourth-order valence-corrected chi connectivity index (χ4v) is 12.0. The summed E-state index contributed by atoms with van der Waals surface area (Å²) >= 11 is 0. The van der Waals surface area contributed by atoms with Gasteiger partial charge in [0, 0.05) is 0 Å². The highest BCUT2D eigenvalue weighted by atomic mass is 31.1. The van der Waals surface area contributed by atoms with E-state index in [4.69, 9.17) is 0 Å². The second-order valence-electron chi connectivity index (χ2n) is 14.3. The van der Waals surface area contributed by atoms with Gasteiger partial charge in [-0.25, -0.2) is 0 Å². The first kappa shape index (κ1) is 34.6. The van der Waals surface area contributed by atoms with Gasteiger partial charge in [-0.2, -0.15) is 0 Å². The van der Waals surface area contributed by atoms with Crippen molar-refractivity contribution in [3.05, 3.63) is 178 Å². The number of fused-ring (bicyclic) bond motifs is 2. The zero-order chi connectivity index (χ0) is 34.5. The molecule has 0 nitrogen and oxygen atoms in total. The Hall–Kier alpha value is -3.82. The zero-order valence-corrected chi connectivity index (χ0v) is 32.0. The van der Waals surface area contributed by atoms with Gasteiger partial charge in [0.1, 0.15) is 0 Å². The first-order chi connectivity index (χ1) is 24.4. The average molecular weight is 689 g/mol. The Labute approximate surface area is 303 Å². The van der Waals surface area contributed by atoms with Crippen molar-refractivity contribution >= 4 is 47.7 Å². The maximum Gasteiger partial charge on any atom is -0.0134 e. The number of aryl methyl sites for hydroxylation is 8. The Morgan fingerprint density at radius 1 is 0.280 bits per heavy atom. The van der Waals surface area contributed by atoms with Crippen molar-refractivity contribution in [2.24, 2.45) is 0 Å². The summed E-state index contributed by atoms with van der Waals surface area (Å²) in [6, 6.07) is 51.1. The molecule has 8 rings (SSSR count). The van der Waals surface area contributed by atoms with E-state index in [9.17, 15) is 0 Å². The maximum atomic E-state index is 2.50. The number of rotatable bonds is 6. The van der Waals surface area contributed by atoms with Crippen molar-refractivity contribution in [1.29, 1.82) is 0 Å². The SMILES string of the molecule is Cc1ccc(P(c2ccc(C)cc2)c2ccc3c(c2)CCCC3)cc1.Cc1ccc(P(c2ccc(C)cc2)c2ccc3c(c2)CCCC3)cc1. The van der Waals surface area contributed by atoms with E-state index in [-0.39, 0.29) is 0 Å². The largest absolute Gasteiger partial charge is 0.0587 e. The Morgan fingerprint density at radius 2 is 0.520 bits per heavy atom. The first-order valence-corrected chi connectivity index (χ1v) is 21.2. The van der Waals surface area contributed by atoms with Crippen LogP contribution < -0.4 is 31.8 Å². The van der Waals surface area contributed by atoms with E-state index >= 15 is 0 Å². The van der Waals surface area contributed by atoms with Crippen molar-refractivity contribution < 1.29 is 0 Å². The van der Waals surface area contributed by atoms with E-state index < -0.39 is 15.8 Å². The lowest BCUT2D eigenvalue weighted by Crippen LogP contribution is -2.22. The molecule has 0 bridgehead atoms. The second kappa shape index (κ2) is 16.0. The molecule has 0 fully saturated rings. The Bertz CT molecular complexity index is 1780. The zero-order valence-electron chi connectivity index (χ0n) is 30.3. The van der Waals surface area contributed by atoms with Crippen molar-refractivity contribution in [2.45, 2.75) is 79.1 Å². The van der Waals surface area contributed by atoms with E-state index in [1.807, 2.05) is 0 Å². The van der Waals surface area contributed by atoms with Crippen molar-refractivity contribution in [2.75, 3.05) is 0 Å². The molecule has 0 N–H and O–H groups in total. The highest BCUT2D eigenvalue weighted by Gasteiger charge is 2.20. The van der Waals surface area contributed by atoms with E-state index in [0.717, 1.165) is 0 Å². The summed E-state index contributed by atoms with van der Waals surface area (Å²) in [4.78, 5) is 0. The third-order valence-corrected chi connectivity index (χ3v) is 15.2. The lowest BCUT2D eigenvalue weighted by Gasteiger charge is -2.23. The van der Waals surface area contributed by atoms with Crippen LogP contribution in [-0.2, 0) is 25.7 Å². The van der Waals surface area contributed by atoms with Crippen LogP contribution in [0.2, 0.25) is 0 Å². The van der Waals surface area contributed by atoms with Crippen LogP contribution in [0.1, 0.15) is 70.2 Å². The van der Waals surface area contributed by atoms with E-state index in [0.29, 0.717) is 0 Å². The van der Waals surface area contributed by atoms with E-state index in [2.05, 4.69) is 161 Å². The minimum Gasteiger partial charge on any atom is -0.0587 e. The molecule has 2 aliphatic rings. The number of hydrogen-bond acceptors (Lipinski definition) is 0. The van der Waals surface area contributed by atoms with Crippen LogP contribution in [0.15, 0.2) is 133 Å². The smallest absolute Gasteiger partial charge is 0.0134 e. The summed E-state index contributed by atoms with van der Waals surface area (Å²) in [6.07, 6.45) is 10.4. The molecule has 0 aliphatic heterocycles. The molecule has 0 saturated carbocycles. The molecule has 0 amide bonds. The van der Waals surface area contributed by atoms with Gasteiger partial charge in [-0.15, -0.1) is 0 Å². The van der Waals surface area contributed by atoms with Crippen molar-refractivity contribution in [3.63, 3.8) is 0 Å². The fraction of sp³-hybridized carbons (Fsp3) is 0.250. The molecule has 0 unspecified atom stereocenters. The molecular weight excluding hydrogens is 638 g/mol. The predicted octanol–water partition coefficient (Wildman–Crippen LogP) is 9.88. The fourth-order valence-electron chi connectivity index (χ4n) is 7.39. The monoisotopic (exact) mass is 688 g/mol. The van der Waals surface area contributed by atoms with Gasteiger partial charge < -0.3 is 0 Å². The Balaban J connectivity index is 0.000000157. The first-order valence-electron chi connectivity index (χ1n) is 18.5. The molecule has 0 saturated heterocycles. The number of hydrogen-bond donors (Lipinski definition) is 0. The summed E-state index contributed by atoms with van der Waals surface area (Å²) in [6.45, 7) is 8.65. The summed E-state index contributed by atoms with van der Waals surface area (Å²) in [5.74, 6) is 0. The van der Waals surface area contributed by atoms with Crippen LogP contribution in [0.25, 0.3) is 0 Å². The standard InChI is InChI=1S/2C24H25P/c2*1-18-7-12-22(13-8-18)25(23-14-9-19(2)10-15-23)24-16-11-20-5-3-4-6-21(20)17-24/h2*7-17H,3-6H2,1-2H3. The summed E-state index contributed by atoms with van der Waals surface area (Å²) in [7, 11) is -0.972. The van der Waals surface area contributed by atoms with Gasteiger partial charge in [-0.05, 0) is 149 Å². The predicted molar refractivity (Wildman–Crippen MR) is 223 cm³/mol. The molecule has 2 heteroatoms. The summed E-state index contributed by atoms with van der Waals surface area (Å²) in [5, 5.41) is 8.76. The average Bonchev–Trinajstić information content (AvgIpc) is 3.15. The molecule has 2 aliphatic carbocycles. The molecule has 252 valence electrons. The van der Waals surface area contributed by atoms with Crippen LogP contribution >= 0.6 is 15.8 Å². The van der Waals surface area contributed by atoms with Crippen LogP contribution in [0.5, 0.6) is 0 Å². The highest BCUT2D eigenvalue weighted by Crippen LogP contribution is 2.36. The van der Waals surface area contributed by atoms with Gasteiger partial charge >= 0.3 is 0 Å². The van der Waals surface area contributed by atoms with Gasteiger partial charge in [0.05, 0.1) is 0 Å². The van der Waals surface area contributed by atoms with Gasteiger partial charge in [0.25, 0.3) is 0 Å². The third kappa shape index (κ3) is 8.21. The van der Waals surface area contributed by atoms with Gasteiger partial charge in [-0.3, -0.25) is 0 Å².